The zero-order chi connectivity index (χ0) is 17.7. The predicted octanol–water partition coefficient (Wildman–Crippen LogP) is 3.39. The number of rotatable bonds is 1. The van der Waals surface area contributed by atoms with Gasteiger partial charge in [-0.25, -0.2) is 13.9 Å². The van der Waals surface area contributed by atoms with Crippen molar-refractivity contribution in [1.29, 1.82) is 0 Å². The van der Waals surface area contributed by atoms with E-state index in [1.165, 1.54) is 0 Å². The Labute approximate surface area is 145 Å². The van der Waals surface area contributed by atoms with E-state index in [9.17, 15) is 9.18 Å². The average Bonchev–Trinajstić information content (AvgIpc) is 2.99. The second-order valence-corrected chi connectivity index (χ2v) is 6.58. The molecule has 128 valence electrons. The van der Waals surface area contributed by atoms with Crippen LogP contribution >= 0.6 is 0 Å². The van der Waals surface area contributed by atoms with Crippen LogP contribution in [0.25, 0.3) is 5.65 Å². The number of aromatic nitrogens is 3. The molecule has 5 nitrogen and oxygen atoms in total. The number of anilines is 1. The summed E-state index contributed by atoms with van der Waals surface area (Å²) in [7, 11) is 0. The fourth-order valence-electron chi connectivity index (χ4n) is 3.46. The summed E-state index contributed by atoms with van der Waals surface area (Å²) in [5, 5.41) is 4.39. The van der Waals surface area contributed by atoms with E-state index in [1.54, 1.807) is 28.6 Å². The Morgan fingerprint density at radius 3 is 2.84 bits per heavy atom. The maximum atomic E-state index is 14.7. The molecule has 0 atom stereocenters. The van der Waals surface area contributed by atoms with Crippen LogP contribution in [0.4, 0.5) is 10.1 Å². The van der Waals surface area contributed by atoms with E-state index in [4.69, 9.17) is 0 Å². The van der Waals surface area contributed by atoms with E-state index in [0.717, 1.165) is 24.1 Å². The molecule has 2 aromatic heterocycles. The van der Waals surface area contributed by atoms with Crippen LogP contribution in [0.15, 0.2) is 24.4 Å². The Morgan fingerprint density at radius 2 is 2.04 bits per heavy atom. The summed E-state index contributed by atoms with van der Waals surface area (Å²) >= 11 is 0. The first kappa shape index (κ1) is 15.7. The summed E-state index contributed by atoms with van der Waals surface area (Å²) in [6.45, 7) is 5.94. The third-order valence-electron chi connectivity index (χ3n) is 4.81. The van der Waals surface area contributed by atoms with Crippen LogP contribution in [0.3, 0.4) is 0 Å². The maximum Gasteiger partial charge on any atom is 0.261 e. The molecular formula is C19H19FN4O. The highest BCUT2D eigenvalue weighted by Gasteiger charge is 2.29. The van der Waals surface area contributed by atoms with E-state index in [1.807, 2.05) is 26.0 Å². The molecule has 0 saturated carbocycles. The van der Waals surface area contributed by atoms with Gasteiger partial charge in [0.25, 0.3) is 5.91 Å². The Balaban J connectivity index is 1.83. The van der Waals surface area contributed by atoms with Crippen molar-refractivity contribution in [2.45, 2.75) is 33.6 Å². The van der Waals surface area contributed by atoms with Gasteiger partial charge in [0, 0.05) is 18.8 Å². The van der Waals surface area contributed by atoms with Gasteiger partial charge in [-0.15, -0.1) is 0 Å². The molecule has 1 amide bonds. The molecule has 6 heteroatoms. The van der Waals surface area contributed by atoms with Gasteiger partial charge in [-0.05, 0) is 44.7 Å². The molecule has 1 aliphatic heterocycles. The standard InChI is InChI=1S/C19H19FN4O/c1-11-6-7-14-5-4-8-23(18(14)17(11)20)19(25)15-10-21-16-9-12(2)22-24(16)13(15)3/h6-7,9-10H,4-5,8H2,1-3H3. The van der Waals surface area contributed by atoms with Crippen LogP contribution in [0.5, 0.6) is 0 Å². The molecule has 0 aliphatic carbocycles. The topological polar surface area (TPSA) is 50.5 Å². The molecule has 3 heterocycles. The minimum absolute atomic E-state index is 0.231. The Kier molecular flexibility index (Phi) is 3.56. The maximum absolute atomic E-state index is 14.7. The van der Waals surface area contributed by atoms with Gasteiger partial charge in [0.15, 0.2) is 5.65 Å². The van der Waals surface area contributed by atoms with Crippen molar-refractivity contribution < 1.29 is 9.18 Å². The number of fused-ring (bicyclic) bond motifs is 2. The quantitative estimate of drug-likeness (QED) is 0.683. The van der Waals surface area contributed by atoms with E-state index >= 15 is 0 Å². The van der Waals surface area contributed by atoms with Crippen LogP contribution in [-0.2, 0) is 6.42 Å². The van der Waals surface area contributed by atoms with Gasteiger partial charge < -0.3 is 4.90 Å². The first-order valence-electron chi connectivity index (χ1n) is 8.39. The number of carbonyl (C=O) groups excluding carboxylic acids is 1. The lowest BCUT2D eigenvalue weighted by Gasteiger charge is -2.30. The van der Waals surface area contributed by atoms with E-state index in [-0.39, 0.29) is 11.7 Å². The summed E-state index contributed by atoms with van der Waals surface area (Å²) in [5.74, 6) is -0.544. The summed E-state index contributed by atoms with van der Waals surface area (Å²) in [6, 6.07) is 5.55. The van der Waals surface area contributed by atoms with Crippen LogP contribution < -0.4 is 4.90 Å². The summed E-state index contributed by atoms with van der Waals surface area (Å²) < 4.78 is 16.4. The lowest BCUT2D eigenvalue weighted by atomic mass is 9.98. The molecule has 0 radical (unpaired) electrons. The Hall–Kier alpha value is -2.76. The number of carbonyl (C=O) groups is 1. The number of hydrogen-bond donors (Lipinski definition) is 0. The Bertz CT molecular complexity index is 1010. The zero-order valence-corrected chi connectivity index (χ0v) is 14.5. The van der Waals surface area contributed by atoms with Crippen molar-refractivity contribution in [3.05, 3.63) is 58.3 Å². The summed E-state index contributed by atoms with van der Waals surface area (Å²) in [5.41, 5.74) is 4.54. The predicted molar refractivity (Wildman–Crippen MR) is 93.6 cm³/mol. The van der Waals surface area contributed by atoms with Gasteiger partial charge in [0.05, 0.1) is 22.6 Å². The number of amides is 1. The third kappa shape index (κ3) is 2.40. The first-order valence-corrected chi connectivity index (χ1v) is 8.39. The van der Waals surface area contributed by atoms with Crippen molar-refractivity contribution in [1.82, 2.24) is 14.6 Å². The van der Waals surface area contributed by atoms with Crippen LogP contribution in [0.2, 0.25) is 0 Å². The number of hydrogen-bond acceptors (Lipinski definition) is 3. The molecule has 3 aromatic rings. The fourth-order valence-corrected chi connectivity index (χ4v) is 3.46. The SMILES string of the molecule is Cc1cc2ncc(C(=O)N3CCCc4ccc(C)c(F)c43)c(C)n2n1. The molecule has 0 unspecified atom stereocenters. The molecular weight excluding hydrogens is 319 g/mol. The average molecular weight is 338 g/mol. The monoisotopic (exact) mass is 338 g/mol. The van der Waals surface area contributed by atoms with Gasteiger partial charge in [0.1, 0.15) is 5.82 Å². The van der Waals surface area contributed by atoms with Gasteiger partial charge in [-0.1, -0.05) is 12.1 Å². The van der Waals surface area contributed by atoms with Gasteiger partial charge >= 0.3 is 0 Å². The Morgan fingerprint density at radius 1 is 1.24 bits per heavy atom. The van der Waals surface area contributed by atoms with Gasteiger partial charge in [-0.3, -0.25) is 4.79 Å². The lowest BCUT2D eigenvalue weighted by molar-refractivity contribution is 0.0982. The minimum Gasteiger partial charge on any atom is -0.305 e. The zero-order valence-electron chi connectivity index (χ0n) is 14.5. The highest BCUT2D eigenvalue weighted by atomic mass is 19.1. The van der Waals surface area contributed by atoms with E-state index in [0.29, 0.717) is 34.7 Å². The molecule has 0 fully saturated rings. The minimum atomic E-state index is -0.313. The van der Waals surface area contributed by atoms with E-state index in [2.05, 4.69) is 10.1 Å². The van der Waals surface area contributed by atoms with Gasteiger partial charge in [0.2, 0.25) is 0 Å². The lowest BCUT2D eigenvalue weighted by Crippen LogP contribution is -2.37. The number of aryl methyl sites for hydroxylation is 4. The molecule has 25 heavy (non-hydrogen) atoms. The largest absolute Gasteiger partial charge is 0.305 e. The number of benzene rings is 1. The highest BCUT2D eigenvalue weighted by Crippen LogP contribution is 2.33. The second kappa shape index (κ2) is 5.65. The molecule has 1 aliphatic rings. The summed E-state index contributed by atoms with van der Waals surface area (Å²) in [4.78, 5) is 19.1. The second-order valence-electron chi connectivity index (χ2n) is 6.58. The van der Waals surface area contributed by atoms with Crippen molar-refractivity contribution in [2.75, 3.05) is 11.4 Å². The fraction of sp³-hybridized carbons (Fsp3) is 0.316. The normalized spacial score (nSPS) is 14.0. The van der Waals surface area contributed by atoms with Crippen LogP contribution in [0.1, 0.15) is 39.3 Å². The third-order valence-corrected chi connectivity index (χ3v) is 4.81. The number of halogens is 1. The molecule has 0 spiro atoms. The molecule has 4 rings (SSSR count). The van der Waals surface area contributed by atoms with Crippen LogP contribution in [-0.4, -0.2) is 27.0 Å². The van der Waals surface area contributed by atoms with E-state index < -0.39 is 0 Å². The molecule has 0 saturated heterocycles. The van der Waals surface area contributed by atoms with Crippen molar-refractivity contribution in [3.8, 4) is 0 Å². The van der Waals surface area contributed by atoms with Crippen LogP contribution in [0, 0.1) is 26.6 Å². The van der Waals surface area contributed by atoms with Crippen molar-refractivity contribution in [3.63, 3.8) is 0 Å². The van der Waals surface area contributed by atoms with Crippen molar-refractivity contribution >= 4 is 17.2 Å². The first-order chi connectivity index (χ1) is 12.0. The summed E-state index contributed by atoms with van der Waals surface area (Å²) in [6.07, 6.45) is 3.16. The molecule has 0 bridgehead atoms. The highest BCUT2D eigenvalue weighted by molar-refractivity contribution is 6.07. The smallest absolute Gasteiger partial charge is 0.261 e. The molecule has 0 N–H and O–H groups in total. The van der Waals surface area contributed by atoms with Crippen molar-refractivity contribution in [2.24, 2.45) is 0 Å². The van der Waals surface area contributed by atoms with Gasteiger partial charge in [-0.2, -0.15) is 5.10 Å². The number of nitrogens with zero attached hydrogens (tertiary/aromatic N) is 4. The molecule has 1 aromatic carbocycles.